The van der Waals surface area contributed by atoms with Gasteiger partial charge in [-0.25, -0.2) is 0 Å². The number of aromatic amines is 1. The molecule has 152 valence electrons. The number of fused-ring (bicyclic) bond motifs is 1. The molecule has 4 heteroatoms. The average molecular weight is 399 g/mol. The Balaban J connectivity index is 1.63. The summed E-state index contributed by atoms with van der Waals surface area (Å²) in [6.07, 6.45) is 2.00. The largest absolute Gasteiger partial charge is 0.484 e. The van der Waals surface area contributed by atoms with Crippen molar-refractivity contribution >= 4 is 16.8 Å². The van der Waals surface area contributed by atoms with E-state index in [1.54, 1.807) is 4.90 Å². The first-order chi connectivity index (χ1) is 14.5. The van der Waals surface area contributed by atoms with Crippen molar-refractivity contribution in [3.8, 4) is 5.75 Å². The van der Waals surface area contributed by atoms with Gasteiger partial charge in [0.15, 0.2) is 6.61 Å². The fraction of sp³-hybridized carbons (Fsp3) is 0.192. The molecule has 30 heavy (non-hydrogen) atoms. The van der Waals surface area contributed by atoms with Crippen LogP contribution in [0.3, 0.4) is 0 Å². The third-order valence-corrected chi connectivity index (χ3v) is 5.47. The quantitative estimate of drug-likeness (QED) is 0.472. The van der Waals surface area contributed by atoms with E-state index in [9.17, 15) is 4.79 Å². The van der Waals surface area contributed by atoms with E-state index in [4.69, 9.17) is 4.74 Å². The molecule has 0 saturated heterocycles. The Labute approximate surface area is 177 Å². The number of hydrogen-bond acceptors (Lipinski definition) is 2. The third-order valence-electron chi connectivity index (χ3n) is 5.47. The molecule has 1 aromatic heterocycles. The van der Waals surface area contributed by atoms with E-state index < -0.39 is 0 Å². The summed E-state index contributed by atoms with van der Waals surface area (Å²) in [7, 11) is 1.84. The van der Waals surface area contributed by atoms with Gasteiger partial charge in [-0.3, -0.25) is 4.79 Å². The minimum absolute atomic E-state index is 0.00965. The molecule has 1 N–H and O–H groups in total. The monoisotopic (exact) mass is 398 g/mol. The Kier molecular flexibility index (Phi) is 5.57. The number of nitrogens with zero attached hydrogens (tertiary/aromatic N) is 1. The summed E-state index contributed by atoms with van der Waals surface area (Å²) in [6, 6.07) is 24.0. The summed E-state index contributed by atoms with van der Waals surface area (Å²) in [4.78, 5) is 18.2. The standard InChI is InChI=1S/C26H26N2O2/c1-18-8-12-20(13-9-18)26(23-16-27-24-7-5-4-6-22(23)24)28(3)25(29)17-30-21-14-10-19(2)11-15-21/h4-16,26-27H,17H2,1-3H3. The van der Waals surface area contributed by atoms with Crippen molar-refractivity contribution in [1.82, 2.24) is 9.88 Å². The fourth-order valence-corrected chi connectivity index (χ4v) is 3.71. The van der Waals surface area contributed by atoms with E-state index in [1.807, 2.05) is 62.6 Å². The summed E-state index contributed by atoms with van der Waals surface area (Å²) >= 11 is 0. The van der Waals surface area contributed by atoms with Crippen LogP contribution in [0.1, 0.15) is 28.3 Å². The number of H-pyrrole nitrogens is 1. The van der Waals surface area contributed by atoms with Crippen LogP contribution in [-0.4, -0.2) is 29.4 Å². The molecule has 0 bridgehead atoms. The highest BCUT2D eigenvalue weighted by molar-refractivity contribution is 5.85. The van der Waals surface area contributed by atoms with Gasteiger partial charge in [-0.2, -0.15) is 0 Å². The second kappa shape index (κ2) is 8.46. The predicted octanol–water partition coefficient (Wildman–Crippen LogP) is 5.41. The molecular formula is C26H26N2O2. The number of aromatic nitrogens is 1. The van der Waals surface area contributed by atoms with E-state index in [0.717, 1.165) is 27.6 Å². The van der Waals surface area contributed by atoms with Crippen LogP contribution >= 0.6 is 0 Å². The van der Waals surface area contributed by atoms with Crippen LogP contribution in [0.5, 0.6) is 5.75 Å². The van der Waals surface area contributed by atoms with Gasteiger partial charge in [-0.05, 0) is 37.6 Å². The van der Waals surface area contributed by atoms with Gasteiger partial charge in [0.25, 0.3) is 5.91 Å². The van der Waals surface area contributed by atoms with Gasteiger partial charge in [-0.1, -0.05) is 65.7 Å². The molecule has 4 rings (SSSR count). The van der Waals surface area contributed by atoms with E-state index in [2.05, 4.69) is 42.2 Å². The first kappa shape index (κ1) is 19.8. The molecular weight excluding hydrogens is 372 g/mol. The lowest BCUT2D eigenvalue weighted by molar-refractivity contribution is -0.133. The summed E-state index contributed by atoms with van der Waals surface area (Å²) in [6.45, 7) is 4.08. The molecule has 1 amide bonds. The number of nitrogens with one attached hydrogen (secondary N) is 1. The Hall–Kier alpha value is -3.53. The first-order valence-corrected chi connectivity index (χ1v) is 10.1. The SMILES string of the molecule is Cc1ccc(OCC(=O)N(C)C(c2ccc(C)cc2)c2c[nH]c3ccccc23)cc1. The maximum absolute atomic E-state index is 13.1. The lowest BCUT2D eigenvalue weighted by Gasteiger charge is -2.29. The van der Waals surface area contributed by atoms with Crippen molar-refractivity contribution in [3.63, 3.8) is 0 Å². The summed E-state index contributed by atoms with van der Waals surface area (Å²) in [5.74, 6) is 0.618. The Bertz CT molecular complexity index is 1140. The second-order valence-electron chi connectivity index (χ2n) is 7.71. The number of ether oxygens (including phenoxy) is 1. The van der Waals surface area contributed by atoms with Crippen LogP contribution in [-0.2, 0) is 4.79 Å². The van der Waals surface area contributed by atoms with Crippen LogP contribution in [0.4, 0.5) is 0 Å². The second-order valence-corrected chi connectivity index (χ2v) is 7.71. The molecule has 4 nitrogen and oxygen atoms in total. The molecule has 1 atom stereocenters. The van der Waals surface area contributed by atoms with Crippen molar-refractivity contribution in [2.24, 2.45) is 0 Å². The summed E-state index contributed by atoms with van der Waals surface area (Å²) in [5.41, 5.74) is 5.54. The van der Waals surface area contributed by atoms with E-state index in [-0.39, 0.29) is 18.6 Å². The van der Waals surface area contributed by atoms with Crippen LogP contribution in [0.15, 0.2) is 79.0 Å². The molecule has 0 saturated carbocycles. The predicted molar refractivity (Wildman–Crippen MR) is 121 cm³/mol. The Morgan fingerprint density at radius 3 is 2.27 bits per heavy atom. The fourth-order valence-electron chi connectivity index (χ4n) is 3.71. The smallest absolute Gasteiger partial charge is 0.261 e. The molecule has 4 aromatic rings. The molecule has 0 aliphatic heterocycles. The first-order valence-electron chi connectivity index (χ1n) is 10.1. The number of benzene rings is 3. The van der Waals surface area contributed by atoms with E-state index >= 15 is 0 Å². The van der Waals surface area contributed by atoms with Gasteiger partial charge < -0.3 is 14.6 Å². The molecule has 1 heterocycles. The Morgan fingerprint density at radius 1 is 0.933 bits per heavy atom. The highest BCUT2D eigenvalue weighted by atomic mass is 16.5. The zero-order valence-corrected chi connectivity index (χ0v) is 17.6. The minimum atomic E-state index is -0.212. The van der Waals surface area contributed by atoms with Crippen molar-refractivity contribution in [2.75, 3.05) is 13.7 Å². The zero-order valence-electron chi connectivity index (χ0n) is 17.6. The van der Waals surface area contributed by atoms with Crippen molar-refractivity contribution in [2.45, 2.75) is 19.9 Å². The van der Waals surface area contributed by atoms with Gasteiger partial charge >= 0.3 is 0 Å². The molecule has 3 aromatic carbocycles. The number of carbonyl (C=O) groups is 1. The minimum Gasteiger partial charge on any atom is -0.484 e. The summed E-state index contributed by atoms with van der Waals surface area (Å²) < 4.78 is 5.75. The molecule has 0 aliphatic rings. The van der Waals surface area contributed by atoms with Crippen LogP contribution in [0, 0.1) is 13.8 Å². The normalized spacial score (nSPS) is 12.0. The van der Waals surface area contributed by atoms with Gasteiger partial charge in [0.2, 0.25) is 0 Å². The third kappa shape index (κ3) is 4.08. The number of para-hydroxylation sites is 1. The maximum Gasteiger partial charge on any atom is 0.261 e. The van der Waals surface area contributed by atoms with Crippen molar-refractivity contribution < 1.29 is 9.53 Å². The number of amides is 1. The van der Waals surface area contributed by atoms with Crippen LogP contribution < -0.4 is 4.74 Å². The van der Waals surface area contributed by atoms with Gasteiger partial charge in [0.1, 0.15) is 5.75 Å². The average Bonchev–Trinajstić information content (AvgIpc) is 3.18. The highest BCUT2D eigenvalue weighted by Crippen LogP contribution is 2.33. The highest BCUT2D eigenvalue weighted by Gasteiger charge is 2.26. The number of likely N-dealkylation sites (N-methyl/N-ethyl adjacent to an activating group) is 1. The zero-order chi connectivity index (χ0) is 21.1. The van der Waals surface area contributed by atoms with Gasteiger partial charge in [0, 0.05) is 29.7 Å². The lowest BCUT2D eigenvalue weighted by Crippen LogP contribution is -2.35. The maximum atomic E-state index is 13.1. The van der Waals surface area contributed by atoms with Crippen molar-refractivity contribution in [3.05, 3.63) is 101 Å². The van der Waals surface area contributed by atoms with E-state index in [1.165, 1.54) is 5.56 Å². The van der Waals surface area contributed by atoms with E-state index in [0.29, 0.717) is 5.75 Å². The van der Waals surface area contributed by atoms with Gasteiger partial charge in [0.05, 0.1) is 6.04 Å². The molecule has 0 fully saturated rings. The topological polar surface area (TPSA) is 45.3 Å². The molecule has 0 spiro atoms. The van der Waals surface area contributed by atoms with Crippen LogP contribution in [0.2, 0.25) is 0 Å². The van der Waals surface area contributed by atoms with Crippen LogP contribution in [0.25, 0.3) is 10.9 Å². The number of hydrogen-bond donors (Lipinski definition) is 1. The summed E-state index contributed by atoms with van der Waals surface area (Å²) in [5, 5.41) is 1.11. The lowest BCUT2D eigenvalue weighted by atomic mass is 9.96. The van der Waals surface area contributed by atoms with Crippen molar-refractivity contribution in [1.29, 1.82) is 0 Å². The molecule has 0 aliphatic carbocycles. The number of rotatable bonds is 6. The molecule has 1 unspecified atom stereocenters. The molecule has 0 radical (unpaired) electrons. The Morgan fingerprint density at radius 2 is 1.57 bits per heavy atom. The number of aryl methyl sites for hydroxylation is 2. The van der Waals surface area contributed by atoms with Gasteiger partial charge in [-0.15, -0.1) is 0 Å². The number of carbonyl (C=O) groups excluding carboxylic acids is 1.